The molecule has 11 aromatic carbocycles. The summed E-state index contributed by atoms with van der Waals surface area (Å²) in [5.74, 6) is 0. The fraction of sp³-hybridized carbons (Fsp3) is 0.0149. The summed E-state index contributed by atoms with van der Waals surface area (Å²) >= 11 is 1.84. The van der Waals surface area contributed by atoms with Crippen LogP contribution in [0.4, 0.5) is 17.1 Å². The van der Waals surface area contributed by atoms with E-state index in [1.807, 2.05) is 11.3 Å². The molecule has 0 saturated carbocycles. The van der Waals surface area contributed by atoms with E-state index in [4.69, 9.17) is 8.83 Å². The molecule has 1 spiro atoms. The van der Waals surface area contributed by atoms with Crippen molar-refractivity contribution in [2.45, 2.75) is 5.41 Å². The summed E-state index contributed by atoms with van der Waals surface area (Å²) in [6, 6.07) is 86.6. The van der Waals surface area contributed by atoms with Crippen molar-refractivity contribution in [1.82, 2.24) is 0 Å². The van der Waals surface area contributed by atoms with Crippen LogP contribution in [0, 0.1) is 0 Å². The summed E-state index contributed by atoms with van der Waals surface area (Å²) < 4.78 is 16.7. The highest BCUT2D eigenvalue weighted by Gasteiger charge is 2.51. The lowest BCUT2D eigenvalue weighted by Gasteiger charge is -2.32. The van der Waals surface area contributed by atoms with E-state index in [1.54, 1.807) is 0 Å². The second kappa shape index (κ2) is 14.5. The van der Waals surface area contributed by atoms with Crippen LogP contribution in [0.15, 0.2) is 245 Å². The summed E-state index contributed by atoms with van der Waals surface area (Å²) in [6.45, 7) is 0. The molecule has 0 amide bonds. The average molecular weight is 922 g/mol. The lowest BCUT2D eigenvalue weighted by atomic mass is 9.70. The van der Waals surface area contributed by atoms with Gasteiger partial charge in [0.1, 0.15) is 22.3 Å². The Morgan fingerprint density at radius 2 is 0.944 bits per heavy atom. The molecular formula is C67H39NO2S. The van der Waals surface area contributed by atoms with Gasteiger partial charge in [-0.2, -0.15) is 0 Å². The van der Waals surface area contributed by atoms with Gasteiger partial charge in [-0.05, 0) is 110 Å². The molecule has 16 rings (SSSR count). The zero-order valence-corrected chi connectivity index (χ0v) is 39.0. The third kappa shape index (κ3) is 5.26. The van der Waals surface area contributed by atoms with Crippen LogP contribution in [0.1, 0.15) is 22.3 Å². The highest BCUT2D eigenvalue weighted by molar-refractivity contribution is 7.26. The number of hydrogen-bond acceptors (Lipinski definition) is 4. The van der Waals surface area contributed by atoms with Gasteiger partial charge in [-0.3, -0.25) is 0 Å². The molecule has 71 heavy (non-hydrogen) atoms. The van der Waals surface area contributed by atoms with E-state index in [1.165, 1.54) is 64.7 Å². The van der Waals surface area contributed by atoms with Crippen LogP contribution < -0.4 is 4.90 Å². The Morgan fingerprint density at radius 3 is 1.73 bits per heavy atom. The SMILES string of the molecule is c1ccc(-c2cccc(N(c3ccc4c(c3)C3(c5ccccc5-c5ccccc53)c3ccccc3-4)c3cccc4oc5c(-c6cccc7c6sc6ccccc67)c6c(cc5c34)oc3ccccc36)c2)cc1. The van der Waals surface area contributed by atoms with Gasteiger partial charge in [-0.1, -0.05) is 182 Å². The number of thiophene rings is 1. The van der Waals surface area contributed by atoms with Gasteiger partial charge in [0.2, 0.25) is 0 Å². The zero-order chi connectivity index (χ0) is 46.4. The van der Waals surface area contributed by atoms with Gasteiger partial charge in [-0.15, -0.1) is 11.3 Å². The molecule has 0 aliphatic heterocycles. The minimum atomic E-state index is -0.504. The number of anilines is 3. The van der Waals surface area contributed by atoms with Gasteiger partial charge >= 0.3 is 0 Å². The first-order chi connectivity index (χ1) is 35.2. The van der Waals surface area contributed by atoms with Gasteiger partial charge in [0, 0.05) is 58.8 Å². The van der Waals surface area contributed by atoms with E-state index in [2.05, 4.69) is 241 Å². The quantitative estimate of drug-likeness (QED) is 0.172. The van der Waals surface area contributed by atoms with E-state index in [0.29, 0.717) is 0 Å². The molecule has 0 unspecified atom stereocenters. The average Bonchev–Trinajstić information content (AvgIpc) is 4.24. The Morgan fingerprint density at radius 1 is 0.352 bits per heavy atom. The number of hydrogen-bond donors (Lipinski definition) is 0. The molecular weight excluding hydrogens is 883 g/mol. The lowest BCUT2D eigenvalue weighted by Crippen LogP contribution is -2.26. The fourth-order valence-corrected chi connectivity index (χ4v) is 13.9. The first kappa shape index (κ1) is 38.9. The van der Waals surface area contributed by atoms with Crippen LogP contribution in [0.5, 0.6) is 0 Å². The van der Waals surface area contributed by atoms with Crippen LogP contribution in [0.25, 0.3) is 109 Å². The molecule has 14 aromatic rings. The Balaban J connectivity index is 1.01. The maximum Gasteiger partial charge on any atom is 0.144 e. The van der Waals surface area contributed by atoms with E-state index in [0.717, 1.165) is 83.2 Å². The minimum absolute atomic E-state index is 0.504. The molecule has 3 nitrogen and oxygen atoms in total. The third-order valence-electron chi connectivity index (χ3n) is 15.5. The van der Waals surface area contributed by atoms with Crippen molar-refractivity contribution in [3.05, 3.63) is 259 Å². The summed E-state index contributed by atoms with van der Waals surface area (Å²) in [7, 11) is 0. The predicted molar refractivity (Wildman–Crippen MR) is 296 cm³/mol. The van der Waals surface area contributed by atoms with Gasteiger partial charge in [0.15, 0.2) is 0 Å². The van der Waals surface area contributed by atoms with Crippen molar-refractivity contribution in [2.24, 2.45) is 0 Å². The lowest BCUT2D eigenvalue weighted by molar-refractivity contribution is 0.664. The van der Waals surface area contributed by atoms with Gasteiger partial charge in [-0.25, -0.2) is 0 Å². The molecule has 3 heterocycles. The Labute approximate surface area is 412 Å². The highest BCUT2D eigenvalue weighted by Crippen LogP contribution is 2.63. The van der Waals surface area contributed by atoms with Crippen molar-refractivity contribution < 1.29 is 8.83 Å². The standard InChI is InChI=1S/C67H39NO2S/c1-2-17-40(18-3-1)41-19-14-20-42(37-41)68(43-35-36-47-46-23-6-11-30-55(46)67(56(47)38-43)53-28-9-4-21-44(53)45-22-5-10-29-54(45)67)57-31-16-33-59-62(57)52-39-60-63(50-25-7-12-32-58(50)69-60)64(65(52)70-59)51-27-15-26-49-48-24-8-13-34-61(48)71-66(49)51/h1-39H. The molecule has 3 aromatic heterocycles. The molecule has 0 radical (unpaired) electrons. The number of furan rings is 2. The van der Waals surface area contributed by atoms with Crippen LogP contribution in [-0.4, -0.2) is 0 Å². The molecule has 0 saturated heterocycles. The van der Waals surface area contributed by atoms with Crippen LogP contribution in [-0.2, 0) is 5.41 Å². The maximum absolute atomic E-state index is 7.35. The number of fused-ring (bicyclic) bond motifs is 19. The number of benzene rings is 11. The van der Waals surface area contributed by atoms with Crippen molar-refractivity contribution in [1.29, 1.82) is 0 Å². The third-order valence-corrected chi connectivity index (χ3v) is 16.7. The van der Waals surface area contributed by atoms with E-state index in [-0.39, 0.29) is 0 Å². The molecule has 0 fully saturated rings. The molecule has 4 heteroatoms. The van der Waals surface area contributed by atoms with Crippen molar-refractivity contribution in [2.75, 3.05) is 4.90 Å². The number of para-hydroxylation sites is 1. The van der Waals surface area contributed by atoms with Crippen molar-refractivity contribution in [3.8, 4) is 44.5 Å². The predicted octanol–water partition coefficient (Wildman–Crippen LogP) is 19.0. The Bertz CT molecular complexity index is 4490. The van der Waals surface area contributed by atoms with Gasteiger partial charge in [0.05, 0.1) is 16.5 Å². The second-order valence-corrected chi connectivity index (χ2v) is 20.1. The maximum atomic E-state index is 7.35. The first-order valence-corrected chi connectivity index (χ1v) is 25.1. The molecule has 0 N–H and O–H groups in total. The van der Waals surface area contributed by atoms with Gasteiger partial charge in [0.25, 0.3) is 0 Å². The first-order valence-electron chi connectivity index (χ1n) is 24.3. The van der Waals surface area contributed by atoms with E-state index >= 15 is 0 Å². The Hall–Kier alpha value is -8.96. The topological polar surface area (TPSA) is 29.5 Å². The molecule has 2 aliphatic rings. The highest BCUT2D eigenvalue weighted by atomic mass is 32.1. The molecule has 0 bridgehead atoms. The van der Waals surface area contributed by atoms with Crippen molar-refractivity contribution in [3.63, 3.8) is 0 Å². The largest absolute Gasteiger partial charge is 0.456 e. The number of nitrogens with zero attached hydrogens (tertiary/aromatic N) is 1. The van der Waals surface area contributed by atoms with Crippen LogP contribution in [0.3, 0.4) is 0 Å². The molecule has 0 atom stereocenters. The molecule has 330 valence electrons. The van der Waals surface area contributed by atoms with E-state index in [9.17, 15) is 0 Å². The number of rotatable bonds is 5. The second-order valence-electron chi connectivity index (χ2n) is 19.0. The fourth-order valence-electron chi connectivity index (χ4n) is 12.6. The molecule has 2 aliphatic carbocycles. The summed E-state index contributed by atoms with van der Waals surface area (Å²) in [5, 5.41) is 6.66. The summed E-state index contributed by atoms with van der Waals surface area (Å²) in [6.07, 6.45) is 0. The summed E-state index contributed by atoms with van der Waals surface area (Å²) in [4.78, 5) is 2.46. The van der Waals surface area contributed by atoms with Crippen molar-refractivity contribution >= 4 is 92.4 Å². The zero-order valence-electron chi connectivity index (χ0n) is 38.2. The monoisotopic (exact) mass is 921 g/mol. The van der Waals surface area contributed by atoms with Crippen LogP contribution in [0.2, 0.25) is 0 Å². The Kier molecular flexibility index (Phi) is 7.97. The van der Waals surface area contributed by atoms with E-state index < -0.39 is 5.41 Å². The summed E-state index contributed by atoms with van der Waals surface area (Å²) in [5.41, 5.74) is 20.8. The van der Waals surface area contributed by atoms with Crippen LogP contribution >= 0.6 is 11.3 Å². The smallest absolute Gasteiger partial charge is 0.144 e. The van der Waals surface area contributed by atoms with Gasteiger partial charge < -0.3 is 13.7 Å². The normalized spacial score (nSPS) is 13.2. The minimum Gasteiger partial charge on any atom is -0.456 e.